The highest BCUT2D eigenvalue weighted by Gasteiger charge is 2.41. The molecule has 1 aliphatic rings. The van der Waals surface area contributed by atoms with Crippen LogP contribution in [-0.4, -0.2) is 48.3 Å². The summed E-state index contributed by atoms with van der Waals surface area (Å²) in [5.41, 5.74) is 1.86. The number of amides is 2. The van der Waals surface area contributed by atoms with E-state index in [0.717, 1.165) is 45.5 Å². The molecule has 1 heterocycles. The second-order valence-corrected chi connectivity index (χ2v) is 7.48. The maximum absolute atomic E-state index is 12.5. The minimum atomic E-state index is -0.949. The van der Waals surface area contributed by atoms with Crippen LogP contribution in [0.2, 0.25) is 0 Å². The van der Waals surface area contributed by atoms with Crippen LogP contribution in [0.25, 0.3) is 6.08 Å². The molecule has 26 heavy (non-hydrogen) atoms. The normalized spacial score (nSPS) is 17.0. The molecule has 8 heteroatoms. The summed E-state index contributed by atoms with van der Waals surface area (Å²) in [6.45, 7) is 7.42. The largest absolute Gasteiger partial charge is 0.467 e. The fourth-order valence-electron chi connectivity index (χ4n) is 2.67. The van der Waals surface area contributed by atoms with Gasteiger partial charge in [0.05, 0.1) is 17.7 Å². The number of imide groups is 1. The molecule has 0 saturated carbocycles. The molecule has 2 amide bonds. The maximum atomic E-state index is 12.5. The number of ether oxygens (including phenoxy) is 1. The first-order valence-corrected chi connectivity index (χ1v) is 9.84. The highest BCUT2D eigenvalue weighted by atomic mass is 79.9. The molecule has 2 rings (SSSR count). The monoisotopic (exact) mass is 440 g/mol. The van der Waals surface area contributed by atoms with E-state index in [1.54, 1.807) is 6.08 Å². The SMILES string of the molecule is CCN(CC)c1ccc(/C=C2/SC(=O)N([C@H](C)C(=O)OC)C2=O)cc1Br. The third kappa shape index (κ3) is 4.12. The molecule has 6 nitrogen and oxygen atoms in total. The van der Waals surface area contributed by atoms with Gasteiger partial charge in [-0.15, -0.1) is 0 Å². The highest BCUT2D eigenvalue weighted by molar-refractivity contribution is 9.10. The van der Waals surface area contributed by atoms with Crippen LogP contribution in [0.5, 0.6) is 0 Å². The van der Waals surface area contributed by atoms with Gasteiger partial charge in [-0.05, 0) is 72.2 Å². The van der Waals surface area contributed by atoms with Gasteiger partial charge >= 0.3 is 5.97 Å². The summed E-state index contributed by atoms with van der Waals surface area (Å²) < 4.78 is 5.54. The molecule has 0 radical (unpaired) electrons. The third-order valence-corrected chi connectivity index (χ3v) is 5.65. The summed E-state index contributed by atoms with van der Waals surface area (Å²) in [4.78, 5) is 39.7. The molecule has 140 valence electrons. The van der Waals surface area contributed by atoms with Crippen molar-refractivity contribution in [2.24, 2.45) is 0 Å². The van der Waals surface area contributed by atoms with Gasteiger partial charge in [-0.2, -0.15) is 0 Å². The standard InChI is InChI=1S/C18H21BrN2O4S/c1-5-20(6-2)14-8-7-12(9-13(14)19)10-15-16(22)21(18(24)26-15)11(3)17(23)25-4/h7-11H,5-6H2,1-4H3/b15-10+/t11-/m1/s1. The minimum Gasteiger partial charge on any atom is -0.467 e. The van der Waals surface area contributed by atoms with E-state index >= 15 is 0 Å². The molecule has 1 aromatic rings. The number of carbonyl (C=O) groups is 3. The first-order valence-electron chi connectivity index (χ1n) is 8.23. The van der Waals surface area contributed by atoms with Crippen molar-refractivity contribution in [3.63, 3.8) is 0 Å². The Bertz CT molecular complexity index is 762. The number of anilines is 1. The van der Waals surface area contributed by atoms with Crippen LogP contribution in [0.3, 0.4) is 0 Å². The fourth-order valence-corrected chi connectivity index (χ4v) is 4.23. The van der Waals surface area contributed by atoms with Gasteiger partial charge in [-0.1, -0.05) is 6.07 Å². The fraction of sp³-hybridized carbons (Fsp3) is 0.389. The Morgan fingerprint density at radius 2 is 2.00 bits per heavy atom. The van der Waals surface area contributed by atoms with Crippen LogP contribution in [-0.2, 0) is 14.3 Å². The summed E-state index contributed by atoms with van der Waals surface area (Å²) in [5.74, 6) is -1.11. The second kappa shape index (κ2) is 8.73. The first kappa shape index (κ1) is 20.5. The lowest BCUT2D eigenvalue weighted by Crippen LogP contribution is -2.42. The van der Waals surface area contributed by atoms with Gasteiger partial charge in [0.1, 0.15) is 6.04 Å². The number of thioether (sulfide) groups is 1. The van der Waals surface area contributed by atoms with Gasteiger partial charge < -0.3 is 9.64 Å². The third-order valence-electron chi connectivity index (χ3n) is 4.13. The van der Waals surface area contributed by atoms with Crippen molar-refractivity contribution in [3.8, 4) is 0 Å². The van der Waals surface area contributed by atoms with Crippen LogP contribution in [0.15, 0.2) is 27.6 Å². The molecule has 0 unspecified atom stereocenters. The van der Waals surface area contributed by atoms with E-state index < -0.39 is 23.2 Å². The van der Waals surface area contributed by atoms with Gasteiger partial charge in [0.25, 0.3) is 11.1 Å². The van der Waals surface area contributed by atoms with Crippen molar-refractivity contribution >= 4 is 56.6 Å². The molecule has 0 bridgehead atoms. The van der Waals surface area contributed by atoms with E-state index in [2.05, 4.69) is 39.4 Å². The van der Waals surface area contributed by atoms with Crippen molar-refractivity contribution in [2.45, 2.75) is 26.8 Å². The van der Waals surface area contributed by atoms with Gasteiger partial charge in [0.2, 0.25) is 0 Å². The molecular formula is C18H21BrN2O4S. The minimum absolute atomic E-state index is 0.285. The Kier molecular flexibility index (Phi) is 6.88. The van der Waals surface area contributed by atoms with E-state index in [9.17, 15) is 14.4 Å². The number of nitrogens with zero attached hydrogens (tertiary/aromatic N) is 2. The number of esters is 1. The molecule has 0 aromatic heterocycles. The number of halogens is 1. The van der Waals surface area contributed by atoms with Crippen LogP contribution < -0.4 is 4.90 Å². The molecule has 1 saturated heterocycles. The maximum Gasteiger partial charge on any atom is 0.328 e. The lowest BCUT2D eigenvalue weighted by Gasteiger charge is -2.22. The average Bonchev–Trinajstić information content (AvgIpc) is 2.89. The number of benzene rings is 1. The predicted octanol–water partition coefficient (Wildman–Crippen LogP) is 3.89. The van der Waals surface area contributed by atoms with E-state index in [1.165, 1.54) is 14.0 Å². The average molecular weight is 441 g/mol. The van der Waals surface area contributed by atoms with Crippen molar-refractivity contribution in [1.29, 1.82) is 0 Å². The first-order chi connectivity index (χ1) is 12.3. The number of methoxy groups -OCH3 is 1. The molecular weight excluding hydrogens is 420 g/mol. The number of carbonyl (C=O) groups excluding carboxylic acids is 3. The van der Waals surface area contributed by atoms with Crippen LogP contribution >= 0.6 is 27.7 Å². The molecule has 0 spiro atoms. The van der Waals surface area contributed by atoms with E-state index in [4.69, 9.17) is 0 Å². The van der Waals surface area contributed by atoms with E-state index in [0.29, 0.717) is 0 Å². The van der Waals surface area contributed by atoms with Crippen molar-refractivity contribution < 1.29 is 19.1 Å². The summed E-state index contributed by atoms with van der Waals surface area (Å²) in [5, 5.41) is -0.474. The van der Waals surface area contributed by atoms with Gasteiger partial charge in [-0.25, -0.2) is 4.79 Å². The molecule has 0 N–H and O–H groups in total. The molecule has 1 aliphatic heterocycles. The van der Waals surface area contributed by atoms with Gasteiger partial charge in [-0.3, -0.25) is 14.5 Å². The Morgan fingerprint density at radius 1 is 1.35 bits per heavy atom. The predicted molar refractivity (Wildman–Crippen MR) is 107 cm³/mol. The summed E-state index contributed by atoms with van der Waals surface area (Å²) in [6, 6.07) is 4.83. The number of hydrogen-bond acceptors (Lipinski definition) is 6. The van der Waals surface area contributed by atoms with Crippen molar-refractivity contribution in [1.82, 2.24) is 4.90 Å². The number of rotatable bonds is 6. The molecule has 1 aromatic carbocycles. The Morgan fingerprint density at radius 3 is 2.54 bits per heavy atom. The molecule has 1 atom stereocenters. The summed E-state index contributed by atoms with van der Waals surface area (Å²) in [7, 11) is 1.22. The lowest BCUT2D eigenvalue weighted by molar-refractivity contribution is -0.148. The Labute approximate surface area is 165 Å². The van der Waals surface area contributed by atoms with Crippen LogP contribution in [0, 0.1) is 0 Å². The van der Waals surface area contributed by atoms with Gasteiger partial charge in [0.15, 0.2) is 0 Å². The highest BCUT2D eigenvalue weighted by Crippen LogP contribution is 2.35. The van der Waals surface area contributed by atoms with Gasteiger partial charge in [0, 0.05) is 17.6 Å². The summed E-state index contributed by atoms with van der Waals surface area (Å²) >= 11 is 4.39. The molecule has 0 aliphatic carbocycles. The zero-order valence-electron chi connectivity index (χ0n) is 15.1. The summed E-state index contributed by atoms with van der Waals surface area (Å²) in [6.07, 6.45) is 1.66. The topological polar surface area (TPSA) is 66.9 Å². The second-order valence-electron chi connectivity index (χ2n) is 5.63. The van der Waals surface area contributed by atoms with Crippen LogP contribution in [0.1, 0.15) is 26.3 Å². The molecule has 1 fully saturated rings. The quantitative estimate of drug-likeness (QED) is 0.493. The van der Waals surface area contributed by atoms with Crippen molar-refractivity contribution in [3.05, 3.63) is 33.1 Å². The number of hydrogen-bond donors (Lipinski definition) is 0. The smallest absolute Gasteiger partial charge is 0.328 e. The lowest BCUT2D eigenvalue weighted by atomic mass is 10.1. The van der Waals surface area contributed by atoms with E-state index in [-0.39, 0.29) is 4.91 Å². The van der Waals surface area contributed by atoms with E-state index in [1.807, 2.05) is 18.2 Å². The zero-order chi connectivity index (χ0) is 19.4. The van der Waals surface area contributed by atoms with Crippen molar-refractivity contribution in [2.75, 3.05) is 25.1 Å². The zero-order valence-corrected chi connectivity index (χ0v) is 17.5. The Hall–Kier alpha value is -1.80. The van der Waals surface area contributed by atoms with Crippen LogP contribution in [0.4, 0.5) is 10.5 Å². The Balaban J connectivity index is 2.28.